The van der Waals surface area contributed by atoms with Crippen molar-refractivity contribution >= 4 is 28.9 Å². The molecule has 3 aromatic carbocycles. The van der Waals surface area contributed by atoms with Gasteiger partial charge in [0.15, 0.2) is 0 Å². The summed E-state index contributed by atoms with van der Waals surface area (Å²) in [5.74, 6) is -1.33. The largest absolute Gasteiger partial charge is 0.507 e. The number of anilines is 1. The maximum absolute atomic E-state index is 14.4. The predicted molar refractivity (Wildman–Crippen MR) is 163 cm³/mol. The van der Waals surface area contributed by atoms with Crippen LogP contribution in [0, 0.1) is 11.6 Å². The van der Waals surface area contributed by atoms with Gasteiger partial charge in [-0.05, 0) is 75.1 Å². The van der Waals surface area contributed by atoms with E-state index in [0.717, 1.165) is 22.7 Å². The fourth-order valence-corrected chi connectivity index (χ4v) is 5.34. The van der Waals surface area contributed by atoms with Crippen LogP contribution in [0.5, 0.6) is 5.75 Å². The number of hydrogen-bond acceptors (Lipinski definition) is 7. The molecule has 0 radical (unpaired) electrons. The highest BCUT2D eigenvalue weighted by Crippen LogP contribution is 2.41. The second-order valence-corrected chi connectivity index (χ2v) is 11.5. The molecule has 0 bridgehead atoms. The monoisotopic (exact) mass is 588 g/mol. The molecule has 1 fully saturated rings. The number of nitrogens with zero attached hydrogens (tertiary/aromatic N) is 3. The van der Waals surface area contributed by atoms with E-state index < -0.39 is 23.3 Å². The summed E-state index contributed by atoms with van der Waals surface area (Å²) in [5, 5.41) is 18.5. The minimum atomic E-state index is -0.686. The van der Waals surface area contributed by atoms with Gasteiger partial charge in [-0.2, -0.15) is 0 Å². The van der Waals surface area contributed by atoms with E-state index in [0.29, 0.717) is 53.7 Å². The molecule has 2 heterocycles. The zero-order chi connectivity index (χ0) is 30.7. The maximum Gasteiger partial charge on any atom is 0.407 e. The van der Waals surface area contributed by atoms with Crippen molar-refractivity contribution in [1.82, 2.24) is 10.3 Å². The van der Waals surface area contributed by atoms with Crippen LogP contribution in [0.1, 0.15) is 39.2 Å². The Bertz CT molecular complexity index is 1660. The van der Waals surface area contributed by atoms with Crippen LogP contribution < -0.4 is 10.2 Å². The predicted octanol–water partition coefficient (Wildman–Crippen LogP) is 7.03. The molecule has 1 amide bonds. The van der Waals surface area contributed by atoms with Crippen LogP contribution in [-0.4, -0.2) is 54.2 Å². The van der Waals surface area contributed by atoms with Gasteiger partial charge in [-0.15, -0.1) is 0 Å². The number of amides is 1. The zero-order valence-electron chi connectivity index (χ0n) is 24.5. The van der Waals surface area contributed by atoms with E-state index in [2.05, 4.69) is 20.4 Å². The summed E-state index contributed by atoms with van der Waals surface area (Å²) in [6.45, 7) is 6.60. The number of phenolic OH excluding ortho intramolecular Hbond substituents is 1. The molecule has 10 heteroatoms. The molecule has 4 aromatic rings. The fraction of sp³-hybridized carbons (Fsp3) is 0.303. The number of halogens is 2. The maximum atomic E-state index is 14.4. The van der Waals surface area contributed by atoms with Gasteiger partial charge in [0.1, 0.15) is 30.1 Å². The number of benzene rings is 3. The number of carbonyl (C=O) groups is 1. The van der Waals surface area contributed by atoms with Crippen LogP contribution in [0.15, 0.2) is 65.9 Å². The van der Waals surface area contributed by atoms with Gasteiger partial charge in [0.2, 0.25) is 0 Å². The Kier molecular flexibility index (Phi) is 8.47. The zero-order valence-corrected chi connectivity index (χ0v) is 24.5. The Labute approximate surface area is 248 Å². The highest BCUT2D eigenvalue weighted by Gasteiger charge is 2.27. The molecule has 224 valence electrons. The third kappa shape index (κ3) is 6.85. The van der Waals surface area contributed by atoms with Crippen LogP contribution in [-0.2, 0) is 9.57 Å². The van der Waals surface area contributed by atoms with Gasteiger partial charge < -0.3 is 24.9 Å². The van der Waals surface area contributed by atoms with Gasteiger partial charge in [0.25, 0.3) is 0 Å². The topological polar surface area (TPSA) is 96.3 Å². The van der Waals surface area contributed by atoms with Crippen molar-refractivity contribution in [2.75, 3.05) is 25.1 Å². The Morgan fingerprint density at radius 1 is 1.05 bits per heavy atom. The summed E-state index contributed by atoms with van der Waals surface area (Å²) in [7, 11) is 1.42. The van der Waals surface area contributed by atoms with Crippen LogP contribution in [0.3, 0.4) is 0 Å². The summed E-state index contributed by atoms with van der Waals surface area (Å²) >= 11 is 0. The van der Waals surface area contributed by atoms with E-state index in [9.17, 15) is 18.7 Å². The average Bonchev–Trinajstić information content (AvgIpc) is 2.95. The number of piperidine rings is 1. The molecule has 5 rings (SSSR count). The molecule has 1 aliphatic heterocycles. The smallest absolute Gasteiger partial charge is 0.407 e. The number of aromatic hydroxyl groups is 1. The molecular formula is C33H34F2N4O4. The van der Waals surface area contributed by atoms with E-state index in [1.54, 1.807) is 18.3 Å². The lowest BCUT2D eigenvalue weighted by molar-refractivity contribution is 0.0497. The molecule has 1 saturated heterocycles. The first-order valence-corrected chi connectivity index (χ1v) is 14.0. The van der Waals surface area contributed by atoms with Crippen molar-refractivity contribution in [3.63, 3.8) is 0 Å². The molecule has 1 aromatic heterocycles. The number of hydrogen-bond donors (Lipinski definition) is 2. The molecule has 0 aliphatic carbocycles. The first-order chi connectivity index (χ1) is 20.5. The Balaban J connectivity index is 1.57. The third-order valence-electron chi connectivity index (χ3n) is 7.22. The van der Waals surface area contributed by atoms with Gasteiger partial charge in [-0.1, -0.05) is 23.4 Å². The van der Waals surface area contributed by atoms with E-state index in [-0.39, 0.29) is 11.8 Å². The lowest BCUT2D eigenvalue weighted by Gasteiger charge is -2.36. The number of pyridine rings is 1. The quantitative estimate of drug-likeness (QED) is 0.186. The van der Waals surface area contributed by atoms with Crippen LogP contribution in [0.25, 0.3) is 33.2 Å². The summed E-state index contributed by atoms with van der Waals surface area (Å²) in [5.41, 5.74) is 3.59. The van der Waals surface area contributed by atoms with Gasteiger partial charge in [0.05, 0.1) is 17.4 Å². The highest BCUT2D eigenvalue weighted by molar-refractivity contribution is 6.02. The minimum absolute atomic E-state index is 0.0366. The minimum Gasteiger partial charge on any atom is -0.507 e. The Morgan fingerprint density at radius 2 is 1.77 bits per heavy atom. The fourth-order valence-electron chi connectivity index (χ4n) is 5.34. The number of alkyl carbamates (subject to hydrolysis) is 1. The number of carbonyl (C=O) groups excluding carboxylic acids is 1. The summed E-state index contributed by atoms with van der Waals surface area (Å²) in [4.78, 5) is 23.9. The molecule has 0 unspecified atom stereocenters. The molecular weight excluding hydrogens is 554 g/mol. The van der Waals surface area contributed by atoms with Crippen molar-refractivity contribution in [2.24, 2.45) is 5.16 Å². The number of ether oxygens (including phenoxy) is 1. The SMILES string of the molecule is CON=Cc1cccc(-c2ccc3ncc(-c4cc(F)cc(F)c4)c(N4CCC(NC(=O)OC(C)(C)C)CC4)c3c2)c1O. The molecule has 8 nitrogen and oxygen atoms in total. The summed E-state index contributed by atoms with van der Waals surface area (Å²) < 4.78 is 34.2. The molecule has 43 heavy (non-hydrogen) atoms. The number of aromatic nitrogens is 1. The lowest BCUT2D eigenvalue weighted by Crippen LogP contribution is -2.46. The number of para-hydroxylation sites is 1. The van der Waals surface area contributed by atoms with E-state index in [1.165, 1.54) is 25.5 Å². The molecule has 2 N–H and O–H groups in total. The second-order valence-electron chi connectivity index (χ2n) is 11.5. The molecule has 1 aliphatic rings. The highest BCUT2D eigenvalue weighted by atomic mass is 19.1. The number of oxime groups is 1. The average molecular weight is 589 g/mol. The first-order valence-electron chi connectivity index (χ1n) is 14.0. The standard InChI is InChI=1S/C33H34F2N4O4/c1-33(2,3)43-32(41)38-25-10-12-39(13-11-25)30-27-16-20(26-7-5-6-21(31(26)40)18-37-42-4)8-9-29(27)36-19-28(30)22-14-23(34)17-24(35)15-22/h5-9,14-19,25,40H,10-13H2,1-4H3,(H,38,41). The molecule has 0 saturated carbocycles. The van der Waals surface area contributed by atoms with Crippen LogP contribution in [0.2, 0.25) is 0 Å². The van der Waals surface area contributed by atoms with Crippen LogP contribution >= 0.6 is 0 Å². The van der Waals surface area contributed by atoms with Crippen molar-refractivity contribution in [1.29, 1.82) is 0 Å². The molecule has 0 atom stereocenters. The number of nitrogens with one attached hydrogen (secondary N) is 1. The van der Waals surface area contributed by atoms with E-state index in [4.69, 9.17) is 9.57 Å². The normalized spacial score (nSPS) is 14.3. The molecule has 0 spiro atoms. The first kappa shape index (κ1) is 29.8. The van der Waals surface area contributed by atoms with Crippen LogP contribution in [0.4, 0.5) is 19.3 Å². The number of phenols is 1. The summed E-state index contributed by atoms with van der Waals surface area (Å²) in [6, 6.07) is 14.3. The number of rotatable bonds is 6. The van der Waals surface area contributed by atoms with E-state index >= 15 is 0 Å². The van der Waals surface area contributed by atoms with Gasteiger partial charge in [-0.3, -0.25) is 4.98 Å². The van der Waals surface area contributed by atoms with Gasteiger partial charge >= 0.3 is 6.09 Å². The Hall–Kier alpha value is -4.73. The van der Waals surface area contributed by atoms with Crippen molar-refractivity contribution in [2.45, 2.75) is 45.3 Å². The van der Waals surface area contributed by atoms with E-state index in [1.807, 2.05) is 45.0 Å². The van der Waals surface area contributed by atoms with Gasteiger partial charge in [0, 0.05) is 53.5 Å². The summed E-state index contributed by atoms with van der Waals surface area (Å²) in [6.07, 6.45) is 3.89. The van der Waals surface area contributed by atoms with Crippen molar-refractivity contribution < 1.29 is 28.3 Å². The van der Waals surface area contributed by atoms with Crippen molar-refractivity contribution in [3.05, 3.63) is 78.0 Å². The third-order valence-corrected chi connectivity index (χ3v) is 7.22. The second kappa shape index (κ2) is 12.2. The lowest BCUT2D eigenvalue weighted by atomic mass is 9.95. The Morgan fingerprint density at radius 3 is 2.44 bits per heavy atom. The number of fused-ring (bicyclic) bond motifs is 1. The van der Waals surface area contributed by atoms with Crippen molar-refractivity contribution in [3.8, 4) is 28.0 Å². The van der Waals surface area contributed by atoms with Gasteiger partial charge in [-0.25, -0.2) is 13.6 Å².